The van der Waals surface area contributed by atoms with Crippen LogP contribution in [0.25, 0.3) is 0 Å². The van der Waals surface area contributed by atoms with Crippen LogP contribution in [0.3, 0.4) is 0 Å². The third-order valence-corrected chi connectivity index (χ3v) is 2.64. The number of aromatic nitrogens is 2. The summed E-state index contributed by atoms with van der Waals surface area (Å²) in [5.41, 5.74) is 1.06. The van der Waals surface area contributed by atoms with Crippen LogP contribution in [0.4, 0.5) is 5.82 Å². The van der Waals surface area contributed by atoms with Gasteiger partial charge in [0.25, 0.3) is 0 Å². The average Bonchev–Trinajstić information content (AvgIpc) is 2.95. The lowest BCUT2D eigenvalue weighted by atomic mass is 10.2. The van der Waals surface area contributed by atoms with Crippen molar-refractivity contribution in [1.82, 2.24) is 9.97 Å². The van der Waals surface area contributed by atoms with E-state index in [1.54, 1.807) is 0 Å². The van der Waals surface area contributed by atoms with E-state index in [-0.39, 0.29) is 0 Å². The maximum Gasteiger partial charge on any atom is 0.137 e. The Bertz CT molecular complexity index is 323. The normalized spacial score (nSPS) is 15.6. The molecule has 0 amide bonds. The van der Waals surface area contributed by atoms with Crippen LogP contribution in [-0.4, -0.2) is 16.0 Å². The summed E-state index contributed by atoms with van der Waals surface area (Å²) in [5.74, 6) is 0.925. The molecule has 2 rings (SSSR count). The van der Waals surface area contributed by atoms with E-state index >= 15 is 0 Å². The van der Waals surface area contributed by atoms with Crippen LogP contribution in [0.1, 0.15) is 31.7 Å². The van der Waals surface area contributed by atoms with Gasteiger partial charge in [-0.2, -0.15) is 0 Å². The number of anilines is 1. The Morgan fingerprint density at radius 3 is 2.93 bits per heavy atom. The molecule has 1 aliphatic carbocycles. The third-order valence-electron chi connectivity index (χ3n) is 2.31. The first-order chi connectivity index (χ1) is 6.81. The maximum atomic E-state index is 6.02. The van der Waals surface area contributed by atoms with Gasteiger partial charge in [-0.1, -0.05) is 24.9 Å². The van der Waals surface area contributed by atoms with Gasteiger partial charge in [-0.3, -0.25) is 0 Å². The molecule has 0 saturated heterocycles. The van der Waals surface area contributed by atoms with Gasteiger partial charge in [-0.15, -0.1) is 0 Å². The van der Waals surface area contributed by atoms with Gasteiger partial charge in [0.1, 0.15) is 17.3 Å². The second-order valence-electron chi connectivity index (χ2n) is 3.66. The van der Waals surface area contributed by atoms with Crippen LogP contribution in [0, 0.1) is 0 Å². The van der Waals surface area contributed by atoms with Crippen LogP contribution in [0.5, 0.6) is 0 Å². The molecule has 0 bridgehead atoms. The fourth-order valence-electron chi connectivity index (χ4n) is 1.41. The molecule has 0 aromatic carbocycles. The van der Waals surface area contributed by atoms with Crippen molar-refractivity contribution in [3.05, 3.63) is 17.0 Å². The minimum atomic E-state index is 0.588. The fraction of sp³-hybridized carbons (Fsp3) is 0.600. The molecule has 1 aliphatic rings. The van der Waals surface area contributed by atoms with E-state index in [2.05, 4.69) is 22.2 Å². The minimum Gasteiger partial charge on any atom is -0.367 e. The van der Waals surface area contributed by atoms with Gasteiger partial charge < -0.3 is 5.32 Å². The summed E-state index contributed by atoms with van der Waals surface area (Å²) in [5, 5.41) is 3.96. The van der Waals surface area contributed by atoms with E-state index in [0.29, 0.717) is 11.2 Å². The summed E-state index contributed by atoms with van der Waals surface area (Å²) in [7, 11) is 0. The summed E-state index contributed by atoms with van der Waals surface area (Å²) in [6, 6.07) is 0.608. The summed E-state index contributed by atoms with van der Waals surface area (Å²) in [6.07, 6.45) is 6.01. The molecule has 0 unspecified atom stereocenters. The van der Waals surface area contributed by atoms with Crippen LogP contribution < -0.4 is 5.32 Å². The highest BCUT2D eigenvalue weighted by molar-refractivity contribution is 6.30. The molecular weight excluding hydrogens is 198 g/mol. The van der Waals surface area contributed by atoms with Crippen molar-refractivity contribution < 1.29 is 0 Å². The van der Waals surface area contributed by atoms with Crippen molar-refractivity contribution in [2.24, 2.45) is 0 Å². The van der Waals surface area contributed by atoms with E-state index in [0.717, 1.165) is 24.2 Å². The number of nitrogens with zero attached hydrogens (tertiary/aromatic N) is 2. The van der Waals surface area contributed by atoms with E-state index in [1.165, 1.54) is 19.2 Å². The van der Waals surface area contributed by atoms with E-state index in [9.17, 15) is 0 Å². The Morgan fingerprint density at radius 2 is 2.29 bits per heavy atom. The van der Waals surface area contributed by atoms with Gasteiger partial charge in [0.2, 0.25) is 0 Å². The van der Waals surface area contributed by atoms with Crippen molar-refractivity contribution in [1.29, 1.82) is 0 Å². The predicted molar refractivity (Wildman–Crippen MR) is 57.7 cm³/mol. The quantitative estimate of drug-likeness (QED) is 0.779. The van der Waals surface area contributed by atoms with Crippen LogP contribution in [-0.2, 0) is 6.42 Å². The van der Waals surface area contributed by atoms with Crippen molar-refractivity contribution in [2.45, 2.75) is 38.6 Å². The topological polar surface area (TPSA) is 37.8 Å². The Hall–Kier alpha value is -0.830. The van der Waals surface area contributed by atoms with Crippen LogP contribution in [0.15, 0.2) is 6.33 Å². The smallest absolute Gasteiger partial charge is 0.137 e. The molecule has 1 N–H and O–H groups in total. The largest absolute Gasteiger partial charge is 0.367 e. The monoisotopic (exact) mass is 211 g/mol. The van der Waals surface area contributed by atoms with Crippen molar-refractivity contribution in [3.63, 3.8) is 0 Å². The summed E-state index contributed by atoms with van der Waals surface area (Å²) in [6.45, 7) is 2.13. The Balaban J connectivity index is 2.21. The molecule has 4 heteroatoms. The van der Waals surface area contributed by atoms with Gasteiger partial charge in [0, 0.05) is 11.6 Å². The Morgan fingerprint density at radius 1 is 1.50 bits per heavy atom. The van der Waals surface area contributed by atoms with Gasteiger partial charge in [0.15, 0.2) is 0 Å². The van der Waals surface area contributed by atoms with Crippen molar-refractivity contribution >= 4 is 17.4 Å². The molecule has 3 nitrogen and oxygen atoms in total. The molecule has 1 heterocycles. The molecule has 0 spiro atoms. The third kappa shape index (κ3) is 2.15. The molecule has 1 aromatic heterocycles. The first-order valence-corrected chi connectivity index (χ1v) is 5.45. The van der Waals surface area contributed by atoms with Gasteiger partial charge in [-0.25, -0.2) is 9.97 Å². The van der Waals surface area contributed by atoms with Crippen molar-refractivity contribution in [2.75, 3.05) is 5.32 Å². The number of rotatable bonds is 4. The fourth-order valence-corrected chi connectivity index (χ4v) is 1.64. The first-order valence-electron chi connectivity index (χ1n) is 5.07. The standard InChI is InChI=1S/C10H14ClN3/c1-2-3-8-9(11)12-6-13-10(8)14-7-4-5-7/h6-7H,2-5H2,1H3,(H,12,13,14). The minimum absolute atomic E-state index is 0.588. The molecule has 1 saturated carbocycles. The first kappa shape index (κ1) is 9.71. The number of nitrogens with one attached hydrogen (secondary N) is 1. The second kappa shape index (κ2) is 4.13. The Kier molecular flexibility index (Phi) is 2.87. The lowest BCUT2D eigenvalue weighted by molar-refractivity contribution is 0.897. The lowest BCUT2D eigenvalue weighted by Gasteiger charge is -2.09. The number of halogens is 1. The van der Waals surface area contributed by atoms with E-state index < -0.39 is 0 Å². The molecule has 1 aromatic rings. The van der Waals surface area contributed by atoms with Gasteiger partial charge in [0.05, 0.1) is 0 Å². The summed E-state index contributed by atoms with van der Waals surface area (Å²) >= 11 is 6.02. The average molecular weight is 212 g/mol. The zero-order valence-corrected chi connectivity index (χ0v) is 9.01. The lowest BCUT2D eigenvalue weighted by Crippen LogP contribution is -2.07. The van der Waals surface area contributed by atoms with Gasteiger partial charge in [-0.05, 0) is 19.3 Å². The Labute approximate surface area is 88.9 Å². The number of hydrogen-bond acceptors (Lipinski definition) is 3. The summed E-state index contributed by atoms with van der Waals surface area (Å²) < 4.78 is 0. The second-order valence-corrected chi connectivity index (χ2v) is 4.02. The summed E-state index contributed by atoms with van der Waals surface area (Å²) in [4.78, 5) is 8.23. The van der Waals surface area contributed by atoms with E-state index in [4.69, 9.17) is 11.6 Å². The zero-order chi connectivity index (χ0) is 9.97. The van der Waals surface area contributed by atoms with Crippen molar-refractivity contribution in [3.8, 4) is 0 Å². The molecule has 0 aliphatic heterocycles. The van der Waals surface area contributed by atoms with Crippen LogP contribution >= 0.6 is 11.6 Å². The van der Waals surface area contributed by atoms with Gasteiger partial charge >= 0.3 is 0 Å². The predicted octanol–water partition coefficient (Wildman–Crippen LogP) is 2.66. The van der Waals surface area contributed by atoms with Crippen LogP contribution in [0.2, 0.25) is 5.15 Å². The molecule has 0 atom stereocenters. The zero-order valence-electron chi connectivity index (χ0n) is 8.26. The molecular formula is C10H14ClN3. The molecule has 1 fully saturated rings. The molecule has 76 valence electrons. The highest BCUT2D eigenvalue weighted by atomic mass is 35.5. The number of hydrogen-bond donors (Lipinski definition) is 1. The molecule has 14 heavy (non-hydrogen) atoms. The molecule has 0 radical (unpaired) electrons. The van der Waals surface area contributed by atoms with E-state index in [1.807, 2.05) is 0 Å². The highest BCUT2D eigenvalue weighted by Crippen LogP contribution is 2.28. The highest BCUT2D eigenvalue weighted by Gasteiger charge is 2.23. The SMILES string of the molecule is CCCc1c(Cl)ncnc1NC1CC1. The maximum absolute atomic E-state index is 6.02.